The second-order valence-electron chi connectivity index (χ2n) is 6.67. The standard InChI is InChI=1S/C20H18N2O4S/c1-25-12-6-7-16-11(8-12)9-14(20(24)26-16)18(23)22-19-15(10-21)13-4-2-3-5-17(13)27-19/h6-8,14H,2-5,9H2,1H3,(H,22,23). The minimum atomic E-state index is -0.949. The predicted molar refractivity (Wildman–Crippen MR) is 100 cm³/mol. The van der Waals surface area contributed by atoms with Gasteiger partial charge in [-0.3, -0.25) is 9.59 Å². The highest BCUT2D eigenvalue weighted by atomic mass is 32.1. The van der Waals surface area contributed by atoms with Gasteiger partial charge in [0.1, 0.15) is 28.5 Å². The molecule has 7 heteroatoms. The number of aryl methyl sites for hydroxylation is 1. The molecule has 2 heterocycles. The fourth-order valence-electron chi connectivity index (χ4n) is 3.60. The number of nitrogens with one attached hydrogen (secondary N) is 1. The van der Waals surface area contributed by atoms with E-state index in [9.17, 15) is 14.9 Å². The normalized spacial score (nSPS) is 17.9. The number of nitrogens with zero attached hydrogens (tertiary/aromatic N) is 1. The number of ether oxygens (including phenoxy) is 2. The Kier molecular flexibility index (Phi) is 4.58. The van der Waals surface area contributed by atoms with E-state index in [4.69, 9.17) is 9.47 Å². The predicted octanol–water partition coefficient (Wildman–Crippen LogP) is 3.22. The van der Waals surface area contributed by atoms with Crippen LogP contribution >= 0.6 is 11.3 Å². The van der Waals surface area contributed by atoms with E-state index in [1.807, 2.05) is 0 Å². The van der Waals surface area contributed by atoms with Gasteiger partial charge in [-0.05, 0) is 61.4 Å². The first kappa shape index (κ1) is 17.6. The van der Waals surface area contributed by atoms with Gasteiger partial charge in [0.25, 0.3) is 0 Å². The lowest BCUT2D eigenvalue weighted by atomic mass is 9.94. The van der Waals surface area contributed by atoms with E-state index >= 15 is 0 Å². The molecule has 0 spiro atoms. The molecule has 1 N–H and O–H groups in total. The van der Waals surface area contributed by atoms with Crippen LogP contribution in [-0.4, -0.2) is 19.0 Å². The summed E-state index contributed by atoms with van der Waals surface area (Å²) >= 11 is 1.45. The Bertz CT molecular complexity index is 973. The molecule has 0 saturated carbocycles. The largest absolute Gasteiger partial charge is 0.497 e. The molecule has 0 radical (unpaired) electrons. The van der Waals surface area contributed by atoms with Gasteiger partial charge >= 0.3 is 5.97 Å². The maximum absolute atomic E-state index is 12.8. The fraction of sp³-hybridized carbons (Fsp3) is 0.350. The number of amides is 1. The van der Waals surface area contributed by atoms with Crippen molar-refractivity contribution in [3.8, 4) is 17.6 Å². The van der Waals surface area contributed by atoms with E-state index in [1.165, 1.54) is 11.3 Å². The molecule has 2 aromatic rings. The Morgan fingerprint density at radius 2 is 2.19 bits per heavy atom. The summed E-state index contributed by atoms with van der Waals surface area (Å²) < 4.78 is 10.5. The third-order valence-corrected chi connectivity index (χ3v) is 6.23. The van der Waals surface area contributed by atoms with Gasteiger partial charge in [0.05, 0.1) is 12.7 Å². The number of hydrogen-bond acceptors (Lipinski definition) is 6. The van der Waals surface area contributed by atoms with Gasteiger partial charge < -0.3 is 14.8 Å². The van der Waals surface area contributed by atoms with Crippen molar-refractivity contribution in [3.05, 3.63) is 39.8 Å². The van der Waals surface area contributed by atoms with Crippen LogP contribution in [0, 0.1) is 17.2 Å². The van der Waals surface area contributed by atoms with E-state index in [0.29, 0.717) is 22.1 Å². The summed E-state index contributed by atoms with van der Waals surface area (Å²) in [4.78, 5) is 26.3. The number of thiophene rings is 1. The molecule has 27 heavy (non-hydrogen) atoms. The molecule has 0 saturated heterocycles. The maximum atomic E-state index is 12.8. The molecule has 1 amide bonds. The summed E-state index contributed by atoms with van der Waals surface area (Å²) in [5.74, 6) is -0.874. The van der Waals surface area contributed by atoms with Crippen LogP contribution in [0.1, 0.15) is 34.4 Å². The SMILES string of the molecule is COc1ccc2c(c1)CC(C(=O)Nc1sc3c(c1C#N)CCCC3)C(=O)O2. The number of hydrogen-bond donors (Lipinski definition) is 1. The summed E-state index contributed by atoms with van der Waals surface area (Å²) in [6.45, 7) is 0. The van der Waals surface area contributed by atoms with Crippen LogP contribution in [0.2, 0.25) is 0 Å². The highest BCUT2D eigenvalue weighted by molar-refractivity contribution is 7.16. The van der Waals surface area contributed by atoms with Crippen molar-refractivity contribution in [2.24, 2.45) is 5.92 Å². The number of carbonyl (C=O) groups is 2. The van der Waals surface area contributed by atoms with E-state index in [1.54, 1.807) is 25.3 Å². The van der Waals surface area contributed by atoms with Crippen molar-refractivity contribution < 1.29 is 19.1 Å². The molecule has 0 bridgehead atoms. The Labute approximate surface area is 160 Å². The number of nitriles is 1. The lowest BCUT2D eigenvalue weighted by Crippen LogP contribution is -2.37. The van der Waals surface area contributed by atoms with Crippen LogP contribution in [0.25, 0.3) is 0 Å². The molecule has 1 aliphatic carbocycles. The summed E-state index contributed by atoms with van der Waals surface area (Å²) in [7, 11) is 1.56. The quantitative estimate of drug-likeness (QED) is 0.500. The molecule has 1 aromatic heterocycles. The van der Waals surface area contributed by atoms with Crippen molar-refractivity contribution >= 4 is 28.2 Å². The molecule has 1 unspecified atom stereocenters. The summed E-state index contributed by atoms with van der Waals surface area (Å²) in [5, 5.41) is 12.9. The van der Waals surface area contributed by atoms with E-state index in [0.717, 1.165) is 41.7 Å². The lowest BCUT2D eigenvalue weighted by molar-refractivity contribution is -0.144. The van der Waals surface area contributed by atoms with Gasteiger partial charge in [-0.25, -0.2) is 0 Å². The molecule has 6 nitrogen and oxygen atoms in total. The Balaban J connectivity index is 1.58. The Hall–Kier alpha value is -2.85. The fourth-order valence-corrected chi connectivity index (χ4v) is 4.84. The average Bonchev–Trinajstić information content (AvgIpc) is 3.03. The number of esters is 1. The first-order valence-electron chi connectivity index (χ1n) is 8.85. The van der Waals surface area contributed by atoms with Gasteiger partial charge in [-0.1, -0.05) is 0 Å². The molecule has 1 aromatic carbocycles. The topological polar surface area (TPSA) is 88.4 Å². The Morgan fingerprint density at radius 3 is 2.96 bits per heavy atom. The third-order valence-electron chi connectivity index (χ3n) is 5.02. The van der Waals surface area contributed by atoms with E-state index in [2.05, 4.69) is 11.4 Å². The van der Waals surface area contributed by atoms with Gasteiger partial charge in [-0.15, -0.1) is 11.3 Å². The molecule has 1 aliphatic heterocycles. The number of anilines is 1. The lowest BCUT2D eigenvalue weighted by Gasteiger charge is -2.23. The number of fused-ring (bicyclic) bond motifs is 2. The Morgan fingerprint density at radius 1 is 1.37 bits per heavy atom. The van der Waals surface area contributed by atoms with Crippen LogP contribution < -0.4 is 14.8 Å². The summed E-state index contributed by atoms with van der Waals surface area (Å²) in [6.07, 6.45) is 4.19. The van der Waals surface area contributed by atoms with Gasteiger partial charge in [-0.2, -0.15) is 5.26 Å². The number of carbonyl (C=O) groups excluding carboxylic acids is 2. The first-order valence-corrected chi connectivity index (χ1v) is 9.66. The molecule has 138 valence electrons. The maximum Gasteiger partial charge on any atom is 0.324 e. The minimum Gasteiger partial charge on any atom is -0.497 e. The molecule has 0 fully saturated rings. The van der Waals surface area contributed by atoms with Crippen molar-refractivity contribution in [1.29, 1.82) is 5.26 Å². The van der Waals surface area contributed by atoms with Gasteiger partial charge in [0, 0.05) is 4.88 Å². The average molecular weight is 382 g/mol. The van der Waals surface area contributed by atoms with Crippen LogP contribution in [0.15, 0.2) is 18.2 Å². The number of benzene rings is 1. The molecule has 4 rings (SSSR count). The van der Waals surface area contributed by atoms with E-state index in [-0.39, 0.29) is 6.42 Å². The zero-order chi connectivity index (χ0) is 19.0. The van der Waals surface area contributed by atoms with Crippen LogP contribution in [0.4, 0.5) is 5.00 Å². The zero-order valence-electron chi connectivity index (χ0n) is 14.8. The third kappa shape index (κ3) is 3.17. The molecular weight excluding hydrogens is 364 g/mol. The summed E-state index contributed by atoms with van der Waals surface area (Å²) in [5.41, 5.74) is 2.33. The van der Waals surface area contributed by atoms with Crippen molar-refractivity contribution in [2.75, 3.05) is 12.4 Å². The van der Waals surface area contributed by atoms with Crippen LogP contribution in [0.3, 0.4) is 0 Å². The highest BCUT2D eigenvalue weighted by Crippen LogP contribution is 2.38. The number of rotatable bonds is 3. The van der Waals surface area contributed by atoms with Crippen molar-refractivity contribution in [1.82, 2.24) is 0 Å². The van der Waals surface area contributed by atoms with Gasteiger partial charge in [0.2, 0.25) is 5.91 Å². The summed E-state index contributed by atoms with van der Waals surface area (Å²) in [6, 6.07) is 7.37. The van der Waals surface area contributed by atoms with Crippen molar-refractivity contribution in [3.63, 3.8) is 0 Å². The minimum absolute atomic E-state index is 0.240. The highest BCUT2D eigenvalue weighted by Gasteiger charge is 2.35. The van der Waals surface area contributed by atoms with E-state index < -0.39 is 17.8 Å². The van der Waals surface area contributed by atoms with Crippen LogP contribution in [0.5, 0.6) is 11.5 Å². The van der Waals surface area contributed by atoms with Crippen molar-refractivity contribution in [2.45, 2.75) is 32.1 Å². The zero-order valence-corrected chi connectivity index (χ0v) is 15.6. The molecule has 1 atom stereocenters. The second-order valence-corrected chi connectivity index (χ2v) is 7.77. The van der Waals surface area contributed by atoms with Crippen LogP contribution in [-0.2, 0) is 28.9 Å². The monoisotopic (exact) mass is 382 g/mol. The first-order chi connectivity index (χ1) is 13.1. The second kappa shape index (κ2) is 7.05. The number of methoxy groups -OCH3 is 1. The smallest absolute Gasteiger partial charge is 0.324 e. The molecular formula is C20H18N2O4S. The molecule has 2 aliphatic rings. The van der Waals surface area contributed by atoms with Gasteiger partial charge in [0.15, 0.2) is 0 Å².